The van der Waals surface area contributed by atoms with E-state index in [9.17, 15) is 10.1 Å². The molecule has 0 heterocycles. The maximum Gasteiger partial charge on any atom is 0.292 e. The Balaban J connectivity index is 1.83. The highest BCUT2D eigenvalue weighted by Crippen LogP contribution is 2.24. The maximum atomic E-state index is 11.0. The second-order valence-electron chi connectivity index (χ2n) is 5.73. The largest absolute Gasteiger partial charge is 0.497 e. The van der Waals surface area contributed by atoms with Crippen LogP contribution in [0.2, 0.25) is 0 Å². The van der Waals surface area contributed by atoms with Crippen molar-refractivity contribution in [1.82, 2.24) is 10.6 Å². The molecule has 2 rings (SSSR count). The van der Waals surface area contributed by atoms with Crippen molar-refractivity contribution in [2.45, 2.75) is 6.54 Å². The fourth-order valence-corrected chi connectivity index (χ4v) is 2.56. The van der Waals surface area contributed by atoms with Gasteiger partial charge in [-0.05, 0) is 18.2 Å². The summed E-state index contributed by atoms with van der Waals surface area (Å²) in [6, 6.07) is 12.2. The van der Waals surface area contributed by atoms with E-state index < -0.39 is 4.92 Å². The van der Waals surface area contributed by atoms with Crippen molar-refractivity contribution in [1.29, 1.82) is 0 Å². The molecule has 0 spiro atoms. The van der Waals surface area contributed by atoms with Gasteiger partial charge < -0.3 is 25.4 Å². The first kappa shape index (κ1) is 20.8. The summed E-state index contributed by atoms with van der Waals surface area (Å²) in [7, 11) is 4.90. The van der Waals surface area contributed by atoms with Gasteiger partial charge in [0, 0.05) is 44.4 Å². The van der Waals surface area contributed by atoms with Crippen LogP contribution < -0.4 is 25.4 Å². The molecule has 9 nitrogen and oxygen atoms in total. The molecule has 0 bridgehead atoms. The number of methoxy groups -OCH3 is 2. The third kappa shape index (κ3) is 5.76. The molecule has 150 valence electrons. The Kier molecular flexibility index (Phi) is 7.89. The first-order chi connectivity index (χ1) is 13.6. The molecule has 2 aromatic rings. The number of ether oxygens (including phenoxy) is 2. The van der Waals surface area contributed by atoms with Crippen molar-refractivity contribution in [3.63, 3.8) is 0 Å². The van der Waals surface area contributed by atoms with Crippen molar-refractivity contribution in [2.75, 3.05) is 39.7 Å². The van der Waals surface area contributed by atoms with Crippen LogP contribution in [0, 0.1) is 10.1 Å². The van der Waals surface area contributed by atoms with Gasteiger partial charge in [0.1, 0.15) is 17.2 Å². The Bertz CT molecular complexity index is 826. The number of anilines is 1. The van der Waals surface area contributed by atoms with E-state index in [1.165, 1.54) is 6.07 Å². The third-order valence-electron chi connectivity index (χ3n) is 4.00. The second kappa shape index (κ2) is 10.6. The number of nitro groups is 1. The van der Waals surface area contributed by atoms with Crippen molar-refractivity contribution in [3.05, 3.63) is 58.1 Å². The quantitative estimate of drug-likeness (QED) is 0.199. The summed E-state index contributed by atoms with van der Waals surface area (Å²) < 4.78 is 10.6. The summed E-state index contributed by atoms with van der Waals surface area (Å²) in [5, 5.41) is 20.5. The van der Waals surface area contributed by atoms with E-state index in [-0.39, 0.29) is 5.69 Å². The predicted molar refractivity (Wildman–Crippen MR) is 109 cm³/mol. The zero-order chi connectivity index (χ0) is 20.4. The zero-order valence-corrected chi connectivity index (χ0v) is 16.2. The number of hydrogen-bond donors (Lipinski definition) is 3. The van der Waals surface area contributed by atoms with Gasteiger partial charge in [-0.1, -0.05) is 12.1 Å². The highest BCUT2D eigenvalue weighted by atomic mass is 16.6. The van der Waals surface area contributed by atoms with Gasteiger partial charge in [-0.2, -0.15) is 0 Å². The standard InChI is InChI=1S/C19H25N5O4/c1-20-19(23-13-14-8-9-15(27-2)12-18(14)28-3)22-11-10-21-16-6-4-5-7-17(16)24(25)26/h4-9,12,21H,10-11,13H2,1-3H3,(H2,20,22,23). The van der Waals surface area contributed by atoms with Crippen molar-refractivity contribution >= 4 is 17.3 Å². The molecule has 0 saturated heterocycles. The Hall–Kier alpha value is -3.49. The minimum Gasteiger partial charge on any atom is -0.497 e. The van der Waals surface area contributed by atoms with Crippen LogP contribution in [0.15, 0.2) is 47.5 Å². The van der Waals surface area contributed by atoms with Crippen molar-refractivity contribution in [2.24, 2.45) is 4.99 Å². The van der Waals surface area contributed by atoms with Crippen LogP contribution in [0.5, 0.6) is 11.5 Å². The van der Waals surface area contributed by atoms with Gasteiger partial charge in [0.15, 0.2) is 5.96 Å². The molecule has 0 aliphatic heterocycles. The van der Waals surface area contributed by atoms with Crippen LogP contribution in [0.25, 0.3) is 0 Å². The Morgan fingerprint density at radius 1 is 1.11 bits per heavy atom. The van der Waals surface area contributed by atoms with Gasteiger partial charge in [-0.3, -0.25) is 15.1 Å². The van der Waals surface area contributed by atoms with Gasteiger partial charge in [-0.25, -0.2) is 0 Å². The number of nitro benzene ring substituents is 1. The smallest absolute Gasteiger partial charge is 0.292 e. The second-order valence-corrected chi connectivity index (χ2v) is 5.73. The van der Waals surface area contributed by atoms with Crippen LogP contribution >= 0.6 is 0 Å². The highest BCUT2D eigenvalue weighted by molar-refractivity contribution is 5.79. The van der Waals surface area contributed by atoms with E-state index in [0.717, 1.165) is 17.1 Å². The average Bonchev–Trinajstić information content (AvgIpc) is 2.73. The molecule has 0 fully saturated rings. The molecule has 0 aromatic heterocycles. The number of hydrogen-bond acceptors (Lipinski definition) is 6. The summed E-state index contributed by atoms with van der Waals surface area (Å²) in [4.78, 5) is 14.8. The molecule has 3 N–H and O–H groups in total. The van der Waals surface area contributed by atoms with Crippen LogP contribution in [-0.2, 0) is 6.54 Å². The van der Waals surface area contributed by atoms with E-state index in [2.05, 4.69) is 20.9 Å². The van der Waals surface area contributed by atoms with E-state index in [1.54, 1.807) is 39.5 Å². The minimum absolute atomic E-state index is 0.0524. The Labute approximate surface area is 163 Å². The predicted octanol–water partition coefficient (Wildman–Crippen LogP) is 2.39. The number of guanidine groups is 1. The summed E-state index contributed by atoms with van der Waals surface area (Å²) >= 11 is 0. The average molecular weight is 387 g/mol. The lowest BCUT2D eigenvalue weighted by atomic mass is 10.2. The molecule has 0 amide bonds. The van der Waals surface area contributed by atoms with Crippen LogP contribution in [0.1, 0.15) is 5.56 Å². The van der Waals surface area contributed by atoms with Crippen LogP contribution in [0.4, 0.5) is 11.4 Å². The van der Waals surface area contributed by atoms with Crippen molar-refractivity contribution < 1.29 is 14.4 Å². The lowest BCUT2D eigenvalue weighted by Gasteiger charge is -2.15. The van der Waals surface area contributed by atoms with E-state index in [1.807, 2.05) is 18.2 Å². The number of nitrogens with one attached hydrogen (secondary N) is 3. The topological polar surface area (TPSA) is 110 Å². The van der Waals surface area contributed by atoms with Gasteiger partial charge in [0.25, 0.3) is 5.69 Å². The fraction of sp³-hybridized carbons (Fsp3) is 0.316. The number of para-hydroxylation sites is 2. The minimum atomic E-state index is -0.404. The lowest BCUT2D eigenvalue weighted by molar-refractivity contribution is -0.384. The summed E-state index contributed by atoms with van der Waals surface area (Å²) in [6.07, 6.45) is 0. The Morgan fingerprint density at radius 3 is 2.57 bits per heavy atom. The third-order valence-corrected chi connectivity index (χ3v) is 4.00. The summed E-state index contributed by atoms with van der Waals surface area (Å²) in [6.45, 7) is 1.55. The fourth-order valence-electron chi connectivity index (χ4n) is 2.56. The molecule has 0 saturated carbocycles. The molecule has 0 aliphatic carbocycles. The number of aliphatic imine (C=N–C) groups is 1. The highest BCUT2D eigenvalue weighted by Gasteiger charge is 2.11. The molecule has 0 aliphatic rings. The van der Waals surface area contributed by atoms with E-state index in [0.29, 0.717) is 31.3 Å². The normalized spacial score (nSPS) is 10.9. The molecular weight excluding hydrogens is 362 g/mol. The number of nitrogens with zero attached hydrogens (tertiary/aromatic N) is 2. The van der Waals surface area contributed by atoms with E-state index in [4.69, 9.17) is 9.47 Å². The molecule has 9 heteroatoms. The molecule has 28 heavy (non-hydrogen) atoms. The van der Waals surface area contributed by atoms with Crippen molar-refractivity contribution in [3.8, 4) is 11.5 Å². The van der Waals surface area contributed by atoms with Gasteiger partial charge in [0.05, 0.1) is 19.1 Å². The molecule has 0 atom stereocenters. The van der Waals surface area contributed by atoms with Gasteiger partial charge in [-0.15, -0.1) is 0 Å². The van der Waals surface area contributed by atoms with Gasteiger partial charge in [0.2, 0.25) is 0 Å². The first-order valence-corrected chi connectivity index (χ1v) is 8.71. The SMILES string of the molecule is CN=C(NCCNc1ccccc1[N+](=O)[O-])NCc1ccc(OC)cc1OC. The monoisotopic (exact) mass is 387 g/mol. The van der Waals surface area contributed by atoms with Crippen LogP contribution in [0.3, 0.4) is 0 Å². The maximum absolute atomic E-state index is 11.0. The molecule has 0 radical (unpaired) electrons. The molecule has 0 unspecified atom stereocenters. The number of rotatable bonds is 9. The summed E-state index contributed by atoms with van der Waals surface area (Å²) in [5.74, 6) is 2.06. The number of benzene rings is 2. The Morgan fingerprint density at radius 2 is 1.89 bits per heavy atom. The van der Waals surface area contributed by atoms with Crippen LogP contribution in [-0.4, -0.2) is 45.2 Å². The van der Waals surface area contributed by atoms with Gasteiger partial charge >= 0.3 is 0 Å². The first-order valence-electron chi connectivity index (χ1n) is 8.71. The molecular formula is C19H25N5O4. The lowest BCUT2D eigenvalue weighted by Crippen LogP contribution is -2.39. The molecule has 2 aromatic carbocycles. The van der Waals surface area contributed by atoms with E-state index >= 15 is 0 Å². The zero-order valence-electron chi connectivity index (χ0n) is 16.2. The summed E-state index contributed by atoms with van der Waals surface area (Å²) in [5.41, 5.74) is 1.50.